The molecule has 7 nitrogen and oxygen atoms in total. The van der Waals surface area contributed by atoms with Crippen LogP contribution < -0.4 is 10.9 Å². The van der Waals surface area contributed by atoms with Gasteiger partial charge in [-0.1, -0.05) is 0 Å². The van der Waals surface area contributed by atoms with Crippen molar-refractivity contribution in [3.05, 3.63) is 0 Å². The third-order valence-corrected chi connectivity index (χ3v) is 5.91. The van der Waals surface area contributed by atoms with Gasteiger partial charge in [0.1, 0.15) is 6.54 Å². The second-order valence-corrected chi connectivity index (χ2v) is 8.02. The molecule has 0 radical (unpaired) electrons. The Bertz CT molecular complexity index is 499. The van der Waals surface area contributed by atoms with Gasteiger partial charge in [-0.25, -0.2) is 4.79 Å². The minimum absolute atomic E-state index is 0.133. The van der Waals surface area contributed by atoms with E-state index in [0.29, 0.717) is 6.42 Å². The Morgan fingerprint density at radius 1 is 1.00 bits per heavy atom. The molecular weight excluding hydrogens is 310 g/mol. The molecule has 0 aliphatic heterocycles. The van der Waals surface area contributed by atoms with E-state index in [-0.39, 0.29) is 17.9 Å². The van der Waals surface area contributed by atoms with Gasteiger partial charge in [0.05, 0.1) is 7.11 Å². The molecule has 4 rings (SSSR count). The van der Waals surface area contributed by atoms with Gasteiger partial charge in [0.25, 0.3) is 5.91 Å². The third kappa shape index (κ3) is 3.65. The molecule has 0 saturated heterocycles. The van der Waals surface area contributed by atoms with Crippen LogP contribution in [0.1, 0.15) is 44.9 Å². The Labute approximate surface area is 142 Å². The van der Waals surface area contributed by atoms with Gasteiger partial charge in [0, 0.05) is 13.5 Å². The van der Waals surface area contributed by atoms with Crippen LogP contribution in [0.4, 0.5) is 4.79 Å². The highest BCUT2D eigenvalue weighted by atomic mass is 16.5. The summed E-state index contributed by atoms with van der Waals surface area (Å²) in [4.78, 5) is 36.4. The number of carbonyl (C=O) groups excluding carboxylic acids is 3. The molecule has 0 heterocycles. The van der Waals surface area contributed by atoms with Crippen LogP contribution in [0.25, 0.3) is 0 Å². The van der Waals surface area contributed by atoms with Gasteiger partial charge in [-0.3, -0.25) is 20.4 Å². The minimum Gasteiger partial charge on any atom is -0.453 e. The molecule has 0 spiro atoms. The first-order valence-electron chi connectivity index (χ1n) is 8.76. The van der Waals surface area contributed by atoms with E-state index in [9.17, 15) is 14.4 Å². The average molecular weight is 337 g/mol. The molecule has 4 bridgehead atoms. The van der Waals surface area contributed by atoms with E-state index < -0.39 is 12.0 Å². The van der Waals surface area contributed by atoms with Crippen LogP contribution >= 0.6 is 0 Å². The topological polar surface area (TPSA) is 87.7 Å². The Balaban J connectivity index is 1.45. The van der Waals surface area contributed by atoms with Gasteiger partial charge in [-0.05, 0) is 61.7 Å². The highest BCUT2D eigenvalue weighted by Crippen LogP contribution is 2.61. The molecule has 4 aliphatic rings. The van der Waals surface area contributed by atoms with Gasteiger partial charge < -0.3 is 9.64 Å². The zero-order valence-corrected chi connectivity index (χ0v) is 14.5. The summed E-state index contributed by atoms with van der Waals surface area (Å²) >= 11 is 0. The summed E-state index contributed by atoms with van der Waals surface area (Å²) in [6.45, 7) is -0.162. The lowest BCUT2D eigenvalue weighted by atomic mass is 9.49. The summed E-state index contributed by atoms with van der Waals surface area (Å²) in [5, 5.41) is 0. The number of methoxy groups -OCH3 is 1. The Morgan fingerprint density at radius 2 is 1.50 bits per heavy atom. The SMILES string of the molecule is COC(=O)N(C)CC(=O)NNC(=O)CC12CC3CC(CC(C3)C1)C2. The number of hydrazine groups is 1. The number of hydrogen-bond donors (Lipinski definition) is 2. The molecule has 4 saturated carbocycles. The number of nitrogens with one attached hydrogen (secondary N) is 2. The molecule has 7 heteroatoms. The zero-order valence-electron chi connectivity index (χ0n) is 14.5. The van der Waals surface area contributed by atoms with Crippen LogP contribution in [-0.2, 0) is 14.3 Å². The highest BCUT2D eigenvalue weighted by Gasteiger charge is 2.51. The molecule has 0 aromatic rings. The molecule has 3 amide bonds. The van der Waals surface area contributed by atoms with E-state index in [1.165, 1.54) is 33.4 Å². The smallest absolute Gasteiger partial charge is 0.409 e. The fourth-order valence-corrected chi connectivity index (χ4v) is 5.51. The molecule has 4 fully saturated rings. The standard InChI is InChI=1S/C17H27N3O4/c1-20(16(23)24-2)10-15(22)19-18-14(21)9-17-6-11-3-12(7-17)5-13(4-11)8-17/h11-13H,3-10H2,1-2H3,(H,18,21)(H,19,22). The maximum absolute atomic E-state index is 12.3. The summed E-state index contributed by atoms with van der Waals surface area (Å²) in [6.07, 6.45) is 7.41. The van der Waals surface area contributed by atoms with Crippen molar-refractivity contribution in [2.24, 2.45) is 23.2 Å². The van der Waals surface area contributed by atoms with Crippen molar-refractivity contribution in [2.45, 2.75) is 44.9 Å². The second-order valence-electron chi connectivity index (χ2n) is 8.02. The predicted octanol–water partition coefficient (Wildman–Crippen LogP) is 1.44. The second kappa shape index (κ2) is 6.61. The summed E-state index contributed by atoms with van der Waals surface area (Å²) in [5.74, 6) is 1.82. The van der Waals surface area contributed by atoms with E-state index in [0.717, 1.165) is 41.9 Å². The summed E-state index contributed by atoms with van der Waals surface area (Å²) in [7, 11) is 2.71. The Kier molecular flexibility index (Phi) is 4.69. The zero-order chi connectivity index (χ0) is 17.3. The van der Waals surface area contributed by atoms with Crippen LogP contribution in [0.5, 0.6) is 0 Å². The van der Waals surface area contributed by atoms with Crippen molar-refractivity contribution in [3.8, 4) is 0 Å². The predicted molar refractivity (Wildman–Crippen MR) is 86.5 cm³/mol. The first-order valence-corrected chi connectivity index (χ1v) is 8.76. The van der Waals surface area contributed by atoms with Crippen molar-refractivity contribution < 1.29 is 19.1 Å². The lowest BCUT2D eigenvalue weighted by molar-refractivity contribution is -0.134. The van der Waals surface area contributed by atoms with E-state index in [4.69, 9.17) is 0 Å². The summed E-state index contributed by atoms with van der Waals surface area (Å²) < 4.78 is 4.52. The van der Waals surface area contributed by atoms with Gasteiger partial charge in [-0.15, -0.1) is 0 Å². The summed E-state index contributed by atoms with van der Waals surface area (Å²) in [5.41, 5.74) is 5.03. The van der Waals surface area contributed by atoms with E-state index >= 15 is 0 Å². The van der Waals surface area contributed by atoms with Crippen LogP contribution in [0.2, 0.25) is 0 Å². The first kappa shape index (κ1) is 17.0. The lowest BCUT2D eigenvalue weighted by Crippen LogP contribution is -2.51. The Morgan fingerprint density at radius 3 is 2.00 bits per heavy atom. The number of nitrogens with zero attached hydrogens (tertiary/aromatic N) is 1. The summed E-state index contributed by atoms with van der Waals surface area (Å²) in [6, 6.07) is 0. The van der Waals surface area contributed by atoms with Crippen LogP contribution in [0.3, 0.4) is 0 Å². The number of rotatable bonds is 4. The maximum Gasteiger partial charge on any atom is 0.409 e. The molecule has 134 valence electrons. The molecule has 0 aromatic heterocycles. The van der Waals surface area contributed by atoms with Crippen molar-refractivity contribution in [2.75, 3.05) is 20.7 Å². The fourth-order valence-electron chi connectivity index (χ4n) is 5.51. The number of amides is 3. The lowest BCUT2D eigenvalue weighted by Gasteiger charge is -2.56. The van der Waals surface area contributed by atoms with Gasteiger partial charge in [0.15, 0.2) is 0 Å². The van der Waals surface area contributed by atoms with Gasteiger partial charge >= 0.3 is 6.09 Å². The minimum atomic E-state index is -0.593. The highest BCUT2D eigenvalue weighted by molar-refractivity contribution is 5.85. The van der Waals surface area contributed by atoms with Crippen LogP contribution in [0.15, 0.2) is 0 Å². The van der Waals surface area contributed by atoms with Crippen molar-refractivity contribution in [1.29, 1.82) is 0 Å². The quantitative estimate of drug-likeness (QED) is 0.760. The molecule has 24 heavy (non-hydrogen) atoms. The van der Waals surface area contributed by atoms with E-state index in [2.05, 4.69) is 15.6 Å². The maximum atomic E-state index is 12.3. The molecule has 0 aromatic carbocycles. The average Bonchev–Trinajstić information content (AvgIpc) is 2.50. The molecule has 2 N–H and O–H groups in total. The van der Waals surface area contributed by atoms with Crippen molar-refractivity contribution in [1.82, 2.24) is 15.8 Å². The van der Waals surface area contributed by atoms with E-state index in [1.807, 2.05) is 0 Å². The van der Waals surface area contributed by atoms with Crippen LogP contribution in [0, 0.1) is 23.2 Å². The number of likely N-dealkylation sites (N-methyl/N-ethyl adjacent to an activating group) is 1. The largest absolute Gasteiger partial charge is 0.453 e. The first-order chi connectivity index (χ1) is 11.4. The fraction of sp³-hybridized carbons (Fsp3) is 0.824. The number of hydrogen-bond acceptors (Lipinski definition) is 4. The van der Waals surface area contributed by atoms with Gasteiger partial charge in [0.2, 0.25) is 5.91 Å². The molecular formula is C17H27N3O4. The van der Waals surface area contributed by atoms with E-state index in [1.54, 1.807) is 0 Å². The Hall–Kier alpha value is -1.79. The number of carbonyl (C=O) groups is 3. The third-order valence-electron chi connectivity index (χ3n) is 5.91. The van der Waals surface area contributed by atoms with Crippen molar-refractivity contribution >= 4 is 17.9 Å². The van der Waals surface area contributed by atoms with Crippen LogP contribution in [-0.4, -0.2) is 43.5 Å². The molecule has 4 aliphatic carbocycles. The van der Waals surface area contributed by atoms with Gasteiger partial charge in [-0.2, -0.15) is 0 Å². The normalized spacial score (nSPS) is 33.0. The van der Waals surface area contributed by atoms with Crippen molar-refractivity contribution in [3.63, 3.8) is 0 Å². The monoisotopic (exact) mass is 337 g/mol. The molecule has 0 atom stereocenters. The molecule has 0 unspecified atom stereocenters. The number of ether oxygens (including phenoxy) is 1.